The average Bonchev–Trinajstić information content (AvgIpc) is 3.15. The van der Waals surface area contributed by atoms with Crippen LogP contribution < -0.4 is 5.43 Å². The topological polar surface area (TPSA) is 72.2 Å². The molecule has 0 aliphatic carbocycles. The summed E-state index contributed by atoms with van der Waals surface area (Å²) in [6.07, 6.45) is -3.10. The first-order valence-corrected chi connectivity index (χ1v) is 10.4. The number of rotatable bonds is 7. The molecule has 0 aliphatic rings. The molecule has 3 aromatic rings. The first-order chi connectivity index (χ1) is 14.8. The average molecular weight is 447 g/mol. The summed E-state index contributed by atoms with van der Waals surface area (Å²) >= 11 is 1.23. The second-order valence-electron chi connectivity index (χ2n) is 6.62. The molecule has 2 aromatic carbocycles. The summed E-state index contributed by atoms with van der Waals surface area (Å²) in [5.41, 5.74) is 4.15. The number of hydrogen-bond acceptors (Lipinski definition) is 5. The fraction of sp³-hybridized carbons (Fsp3) is 0.238. The lowest BCUT2D eigenvalue weighted by atomic mass is 10.1. The van der Waals surface area contributed by atoms with E-state index in [9.17, 15) is 18.0 Å². The minimum Gasteiger partial charge on any atom is -0.302 e. The van der Waals surface area contributed by atoms with Crippen molar-refractivity contribution >= 4 is 23.9 Å². The van der Waals surface area contributed by atoms with E-state index in [0.717, 1.165) is 29.1 Å². The van der Waals surface area contributed by atoms with E-state index in [1.54, 1.807) is 0 Å². The van der Waals surface area contributed by atoms with Crippen LogP contribution in [0.2, 0.25) is 0 Å². The highest BCUT2D eigenvalue weighted by atomic mass is 32.2. The molecule has 0 bridgehead atoms. The van der Waals surface area contributed by atoms with Crippen LogP contribution in [0.5, 0.6) is 0 Å². The number of thioether (sulfide) groups is 1. The van der Waals surface area contributed by atoms with E-state index in [1.165, 1.54) is 30.1 Å². The molecule has 162 valence electrons. The fourth-order valence-electron chi connectivity index (χ4n) is 2.70. The van der Waals surface area contributed by atoms with Crippen LogP contribution in [-0.2, 0) is 17.5 Å². The van der Waals surface area contributed by atoms with Gasteiger partial charge in [0.1, 0.15) is 0 Å². The molecule has 31 heavy (non-hydrogen) atoms. The second kappa shape index (κ2) is 9.78. The molecular formula is C21H20F3N5OS. The van der Waals surface area contributed by atoms with E-state index in [-0.39, 0.29) is 11.7 Å². The minimum absolute atomic E-state index is 0.0659. The lowest BCUT2D eigenvalue weighted by Gasteiger charge is -2.07. The first-order valence-electron chi connectivity index (χ1n) is 9.40. The van der Waals surface area contributed by atoms with Gasteiger partial charge in [-0.05, 0) is 31.5 Å². The molecule has 0 radical (unpaired) electrons. The number of benzene rings is 2. The molecule has 0 fully saturated rings. The number of alkyl halides is 3. The Labute approximate surface area is 181 Å². The molecular weight excluding hydrogens is 427 g/mol. The van der Waals surface area contributed by atoms with Crippen LogP contribution in [0.3, 0.4) is 0 Å². The van der Waals surface area contributed by atoms with Gasteiger partial charge in [-0.3, -0.25) is 4.79 Å². The maximum Gasteiger partial charge on any atom is 0.416 e. The molecule has 0 saturated carbocycles. The molecule has 1 amide bonds. The van der Waals surface area contributed by atoms with Gasteiger partial charge in [-0.2, -0.15) is 18.3 Å². The quantitative estimate of drug-likeness (QED) is 0.328. The van der Waals surface area contributed by atoms with E-state index >= 15 is 0 Å². The SMILES string of the molecule is CCn1c(SCC(=O)NN=Cc2ccc(C(F)(F)F)cc2)nnc1-c1ccc(C)cc1. The van der Waals surface area contributed by atoms with Crippen LogP contribution in [-0.4, -0.2) is 32.6 Å². The highest BCUT2D eigenvalue weighted by Gasteiger charge is 2.29. The molecule has 10 heteroatoms. The van der Waals surface area contributed by atoms with E-state index in [1.807, 2.05) is 42.7 Å². The van der Waals surface area contributed by atoms with Crippen LogP contribution >= 0.6 is 11.8 Å². The lowest BCUT2D eigenvalue weighted by Crippen LogP contribution is -2.20. The lowest BCUT2D eigenvalue weighted by molar-refractivity contribution is -0.137. The Morgan fingerprint density at radius 3 is 2.42 bits per heavy atom. The zero-order valence-corrected chi connectivity index (χ0v) is 17.7. The van der Waals surface area contributed by atoms with Crippen molar-refractivity contribution in [1.29, 1.82) is 0 Å². The van der Waals surface area contributed by atoms with Crippen molar-refractivity contribution < 1.29 is 18.0 Å². The van der Waals surface area contributed by atoms with Crippen molar-refractivity contribution in [3.8, 4) is 11.4 Å². The van der Waals surface area contributed by atoms with Crippen molar-refractivity contribution in [2.75, 3.05) is 5.75 Å². The van der Waals surface area contributed by atoms with E-state index < -0.39 is 11.7 Å². The predicted octanol–water partition coefficient (Wildman–Crippen LogP) is 4.53. The normalized spacial score (nSPS) is 11.8. The number of amides is 1. The number of hydrazone groups is 1. The molecule has 0 spiro atoms. The van der Waals surface area contributed by atoms with Gasteiger partial charge in [0.05, 0.1) is 17.5 Å². The standard InChI is InChI=1S/C21H20F3N5OS/c1-3-29-19(16-8-4-14(2)5-9-16)27-28-20(29)31-13-18(30)26-25-12-15-6-10-17(11-7-15)21(22,23)24/h4-12H,3,13H2,1-2H3,(H,26,30). The van der Waals surface area contributed by atoms with E-state index in [0.29, 0.717) is 17.3 Å². The smallest absolute Gasteiger partial charge is 0.302 e. The number of hydrogen-bond donors (Lipinski definition) is 1. The Bertz CT molecular complexity index is 1060. The Balaban J connectivity index is 1.56. The minimum atomic E-state index is -4.39. The third-order valence-electron chi connectivity index (χ3n) is 4.32. The molecule has 1 N–H and O–H groups in total. The van der Waals surface area contributed by atoms with Crippen molar-refractivity contribution in [3.63, 3.8) is 0 Å². The highest BCUT2D eigenvalue weighted by Crippen LogP contribution is 2.29. The second-order valence-corrected chi connectivity index (χ2v) is 7.56. The molecule has 1 heterocycles. The van der Waals surface area contributed by atoms with Crippen molar-refractivity contribution in [2.24, 2.45) is 5.10 Å². The first kappa shape index (κ1) is 22.5. The van der Waals surface area contributed by atoms with Crippen LogP contribution in [0, 0.1) is 6.92 Å². The number of aromatic nitrogens is 3. The molecule has 6 nitrogen and oxygen atoms in total. The Morgan fingerprint density at radius 1 is 1.13 bits per heavy atom. The van der Waals surface area contributed by atoms with Gasteiger partial charge in [0.15, 0.2) is 11.0 Å². The van der Waals surface area contributed by atoms with Crippen molar-refractivity contribution in [1.82, 2.24) is 20.2 Å². The van der Waals surface area contributed by atoms with E-state index in [4.69, 9.17) is 0 Å². The van der Waals surface area contributed by atoms with Crippen molar-refractivity contribution in [3.05, 3.63) is 65.2 Å². The Morgan fingerprint density at radius 2 is 1.81 bits per heavy atom. The summed E-state index contributed by atoms with van der Waals surface area (Å²) < 4.78 is 39.6. The van der Waals surface area contributed by atoms with Gasteiger partial charge >= 0.3 is 6.18 Å². The van der Waals surface area contributed by atoms with Gasteiger partial charge in [-0.15, -0.1) is 10.2 Å². The molecule has 0 unspecified atom stereocenters. The van der Waals surface area contributed by atoms with Gasteiger partial charge in [0.25, 0.3) is 5.91 Å². The third-order valence-corrected chi connectivity index (χ3v) is 5.28. The molecule has 0 saturated heterocycles. The molecule has 0 aliphatic heterocycles. The summed E-state index contributed by atoms with van der Waals surface area (Å²) in [7, 11) is 0. The van der Waals surface area contributed by atoms with Gasteiger partial charge < -0.3 is 4.57 Å². The third kappa shape index (κ3) is 5.94. The number of carbonyl (C=O) groups excluding carboxylic acids is 1. The number of carbonyl (C=O) groups is 1. The zero-order chi connectivity index (χ0) is 22.4. The van der Waals surface area contributed by atoms with Crippen LogP contribution in [0.1, 0.15) is 23.6 Å². The molecule has 1 aromatic heterocycles. The van der Waals surface area contributed by atoms with Gasteiger partial charge in [-0.25, -0.2) is 5.43 Å². The van der Waals surface area contributed by atoms with E-state index in [2.05, 4.69) is 20.7 Å². The molecule has 3 rings (SSSR count). The number of halogens is 3. The zero-order valence-electron chi connectivity index (χ0n) is 16.8. The fourth-order valence-corrected chi connectivity index (χ4v) is 3.49. The number of nitrogens with zero attached hydrogens (tertiary/aromatic N) is 4. The van der Waals surface area contributed by atoms with Crippen molar-refractivity contribution in [2.45, 2.75) is 31.7 Å². The predicted molar refractivity (Wildman–Crippen MR) is 114 cm³/mol. The molecule has 0 atom stereocenters. The van der Waals surface area contributed by atoms with Crippen LogP contribution in [0.4, 0.5) is 13.2 Å². The van der Waals surface area contributed by atoms with Gasteiger partial charge in [-0.1, -0.05) is 53.7 Å². The summed E-state index contributed by atoms with van der Waals surface area (Å²) in [4.78, 5) is 12.1. The van der Waals surface area contributed by atoms with Crippen LogP contribution in [0.25, 0.3) is 11.4 Å². The largest absolute Gasteiger partial charge is 0.416 e. The summed E-state index contributed by atoms with van der Waals surface area (Å²) in [6, 6.07) is 12.4. The summed E-state index contributed by atoms with van der Waals surface area (Å²) in [6.45, 7) is 4.63. The maximum atomic E-state index is 12.6. The van der Waals surface area contributed by atoms with Crippen LogP contribution in [0.15, 0.2) is 58.8 Å². The Kier molecular flexibility index (Phi) is 7.11. The monoisotopic (exact) mass is 447 g/mol. The number of nitrogens with one attached hydrogen (secondary N) is 1. The van der Waals surface area contributed by atoms with Gasteiger partial charge in [0, 0.05) is 12.1 Å². The summed E-state index contributed by atoms with van der Waals surface area (Å²) in [5.74, 6) is 0.428. The maximum absolute atomic E-state index is 12.6. The van der Waals surface area contributed by atoms with Gasteiger partial charge in [0.2, 0.25) is 0 Å². The number of aryl methyl sites for hydroxylation is 1. The Hall–Kier alpha value is -3.14. The summed E-state index contributed by atoms with van der Waals surface area (Å²) in [5, 5.41) is 12.8. The highest BCUT2D eigenvalue weighted by molar-refractivity contribution is 7.99.